The minimum absolute atomic E-state index is 1.97. The molecule has 0 nitrogen and oxygen atoms in total. The minimum Gasteiger partial charge on any atom is -0.0876 e. The zero-order valence-corrected chi connectivity index (χ0v) is 5.84. The van der Waals surface area contributed by atoms with Crippen LogP contribution in [0, 0.1) is 0 Å². The molecule has 0 aliphatic heterocycles. The summed E-state index contributed by atoms with van der Waals surface area (Å²) in [4.78, 5) is 0. The first-order valence-corrected chi connectivity index (χ1v) is 3.04. The van der Waals surface area contributed by atoms with Gasteiger partial charge in [-0.3, -0.25) is 0 Å². The molecule has 6 heavy (non-hydrogen) atoms. The molecule has 0 atom stereocenters. The van der Waals surface area contributed by atoms with E-state index in [1.54, 1.807) is 0 Å². The van der Waals surface area contributed by atoms with Crippen LogP contribution in [0.4, 0.5) is 0 Å². The van der Waals surface area contributed by atoms with Gasteiger partial charge in [0, 0.05) is 0 Å². The number of rotatable bonds is 1. The molecular weight excluding hydrogens is 187 g/mol. The molecule has 0 spiro atoms. The van der Waals surface area contributed by atoms with Crippen molar-refractivity contribution < 1.29 is 0 Å². The third kappa shape index (κ3) is 4.21. The van der Waals surface area contributed by atoms with Crippen molar-refractivity contribution in [2.45, 2.75) is 6.92 Å². The second-order valence-corrected chi connectivity index (χ2v) is 1.56. The summed E-state index contributed by atoms with van der Waals surface area (Å²) in [6.45, 7) is 2.00. The van der Waals surface area contributed by atoms with Gasteiger partial charge in [-0.15, -0.1) is 0 Å². The molecule has 0 aliphatic carbocycles. The molecule has 0 aliphatic rings. The standard InChI is InChI=1S/C5H7I/c1-2-3-4-5-6/h2-5H,1H3/b3-2?,5-4+. The van der Waals surface area contributed by atoms with Crippen LogP contribution in [0.5, 0.6) is 0 Å². The van der Waals surface area contributed by atoms with E-state index in [9.17, 15) is 0 Å². The van der Waals surface area contributed by atoms with E-state index in [2.05, 4.69) is 22.6 Å². The van der Waals surface area contributed by atoms with Crippen molar-refractivity contribution in [2.75, 3.05) is 0 Å². The summed E-state index contributed by atoms with van der Waals surface area (Å²) in [5.41, 5.74) is 0. The van der Waals surface area contributed by atoms with Crippen LogP contribution in [0.2, 0.25) is 0 Å². The molecule has 0 N–H and O–H groups in total. The second kappa shape index (κ2) is 5.21. The second-order valence-electron chi connectivity index (χ2n) is 0.844. The van der Waals surface area contributed by atoms with E-state index in [1.807, 2.05) is 29.2 Å². The summed E-state index contributed by atoms with van der Waals surface area (Å²) in [5.74, 6) is 0. The predicted molar refractivity (Wildman–Crippen MR) is 38.0 cm³/mol. The lowest BCUT2D eigenvalue weighted by Crippen LogP contribution is -1.37. The van der Waals surface area contributed by atoms with Crippen molar-refractivity contribution in [1.29, 1.82) is 0 Å². The van der Waals surface area contributed by atoms with Crippen LogP contribution in [-0.4, -0.2) is 0 Å². The molecule has 0 saturated heterocycles. The summed E-state index contributed by atoms with van der Waals surface area (Å²) in [6, 6.07) is 0. The summed E-state index contributed by atoms with van der Waals surface area (Å²) in [7, 11) is 0. The van der Waals surface area contributed by atoms with Crippen molar-refractivity contribution in [3.8, 4) is 0 Å². The highest BCUT2D eigenvalue weighted by Gasteiger charge is 1.50. The quantitative estimate of drug-likeness (QED) is 0.444. The van der Waals surface area contributed by atoms with Gasteiger partial charge in [-0.05, 0) is 11.0 Å². The van der Waals surface area contributed by atoms with Crippen molar-refractivity contribution in [3.05, 3.63) is 22.3 Å². The van der Waals surface area contributed by atoms with Gasteiger partial charge in [0.15, 0.2) is 0 Å². The summed E-state index contributed by atoms with van der Waals surface area (Å²) >= 11 is 2.18. The molecule has 0 unspecified atom stereocenters. The van der Waals surface area contributed by atoms with Crippen LogP contribution in [0.3, 0.4) is 0 Å². The Balaban J connectivity index is 3.07. The molecule has 0 heterocycles. The molecule has 0 saturated carbocycles. The van der Waals surface area contributed by atoms with Crippen LogP contribution >= 0.6 is 22.6 Å². The van der Waals surface area contributed by atoms with E-state index >= 15 is 0 Å². The Labute approximate surface area is 52.1 Å². The van der Waals surface area contributed by atoms with Crippen LogP contribution in [0.1, 0.15) is 6.92 Å². The van der Waals surface area contributed by atoms with Crippen LogP contribution < -0.4 is 0 Å². The Hall–Kier alpha value is 0.210. The molecule has 0 amide bonds. The molecule has 0 aromatic heterocycles. The predicted octanol–water partition coefficient (Wildman–Crippen LogP) is 2.51. The smallest absolute Gasteiger partial charge is 0.0234 e. The maximum absolute atomic E-state index is 2.18. The Morgan fingerprint density at radius 3 is 2.17 bits per heavy atom. The molecular formula is C5H7I. The van der Waals surface area contributed by atoms with Crippen LogP contribution in [0.25, 0.3) is 0 Å². The van der Waals surface area contributed by atoms with E-state index in [0.717, 1.165) is 0 Å². The fourth-order valence-corrected chi connectivity index (χ4v) is 0.393. The highest BCUT2D eigenvalue weighted by Crippen LogP contribution is 1.82. The molecule has 34 valence electrons. The van der Waals surface area contributed by atoms with Crippen molar-refractivity contribution >= 4 is 22.6 Å². The third-order valence-corrected chi connectivity index (χ3v) is 0.792. The lowest BCUT2D eigenvalue weighted by atomic mass is 10.5. The zero-order valence-electron chi connectivity index (χ0n) is 3.69. The van der Waals surface area contributed by atoms with E-state index in [-0.39, 0.29) is 0 Å². The average molecular weight is 194 g/mol. The minimum atomic E-state index is 1.97. The van der Waals surface area contributed by atoms with Gasteiger partial charge in [0.1, 0.15) is 0 Å². The van der Waals surface area contributed by atoms with Crippen LogP contribution in [0.15, 0.2) is 22.3 Å². The fraction of sp³-hybridized carbons (Fsp3) is 0.200. The van der Waals surface area contributed by atoms with Gasteiger partial charge in [-0.2, -0.15) is 0 Å². The first-order valence-electron chi connectivity index (χ1n) is 1.80. The van der Waals surface area contributed by atoms with Crippen molar-refractivity contribution in [2.24, 2.45) is 0 Å². The summed E-state index contributed by atoms with van der Waals surface area (Å²) in [6.07, 6.45) is 5.97. The third-order valence-electron chi connectivity index (χ3n) is 0.376. The van der Waals surface area contributed by atoms with Crippen molar-refractivity contribution in [3.63, 3.8) is 0 Å². The van der Waals surface area contributed by atoms with Gasteiger partial charge in [0.25, 0.3) is 0 Å². The average Bonchev–Trinajstić information content (AvgIpc) is 1.61. The number of allylic oxidation sites excluding steroid dienone is 3. The zero-order chi connectivity index (χ0) is 4.83. The molecule has 0 fully saturated rings. The van der Waals surface area contributed by atoms with E-state index in [4.69, 9.17) is 0 Å². The monoisotopic (exact) mass is 194 g/mol. The topological polar surface area (TPSA) is 0 Å². The van der Waals surface area contributed by atoms with Gasteiger partial charge in [0.05, 0.1) is 0 Å². The Morgan fingerprint density at radius 2 is 2.00 bits per heavy atom. The fourth-order valence-electron chi connectivity index (χ4n) is 0.153. The van der Waals surface area contributed by atoms with Gasteiger partial charge in [-0.1, -0.05) is 40.8 Å². The largest absolute Gasteiger partial charge is 0.0876 e. The Bertz CT molecular complexity index is 52.3. The SMILES string of the molecule is CC=C/C=C/I. The molecule has 0 bridgehead atoms. The lowest BCUT2D eigenvalue weighted by Gasteiger charge is -1.61. The number of hydrogen-bond donors (Lipinski definition) is 0. The van der Waals surface area contributed by atoms with Gasteiger partial charge in [-0.25, -0.2) is 0 Å². The Kier molecular flexibility index (Phi) is 5.39. The van der Waals surface area contributed by atoms with Gasteiger partial charge in [0.2, 0.25) is 0 Å². The first-order chi connectivity index (χ1) is 2.91. The van der Waals surface area contributed by atoms with E-state index in [0.29, 0.717) is 0 Å². The molecule has 0 rings (SSSR count). The maximum atomic E-state index is 2.18. The molecule has 0 aromatic carbocycles. The Morgan fingerprint density at radius 1 is 1.33 bits per heavy atom. The van der Waals surface area contributed by atoms with Gasteiger partial charge < -0.3 is 0 Å². The summed E-state index contributed by atoms with van der Waals surface area (Å²) < 4.78 is 1.97. The van der Waals surface area contributed by atoms with Gasteiger partial charge >= 0.3 is 0 Å². The van der Waals surface area contributed by atoms with Crippen molar-refractivity contribution in [1.82, 2.24) is 0 Å². The lowest BCUT2D eigenvalue weighted by molar-refractivity contribution is 1.74. The number of hydrogen-bond acceptors (Lipinski definition) is 0. The molecule has 1 heteroatoms. The molecule has 0 radical (unpaired) electrons. The van der Waals surface area contributed by atoms with Crippen LogP contribution in [-0.2, 0) is 0 Å². The van der Waals surface area contributed by atoms with E-state index < -0.39 is 0 Å². The summed E-state index contributed by atoms with van der Waals surface area (Å²) in [5, 5.41) is 0. The number of halogens is 1. The maximum Gasteiger partial charge on any atom is -0.0234 e. The highest BCUT2D eigenvalue weighted by atomic mass is 127. The molecule has 0 aromatic rings. The highest BCUT2D eigenvalue weighted by molar-refractivity contribution is 14.1. The first kappa shape index (κ1) is 6.21. The normalized spacial score (nSPS) is 11.7. The van der Waals surface area contributed by atoms with E-state index in [1.165, 1.54) is 0 Å².